The second-order valence-electron chi connectivity index (χ2n) is 3.04. The first-order valence-electron chi connectivity index (χ1n) is 4.17. The van der Waals surface area contributed by atoms with E-state index in [0.29, 0.717) is 12.2 Å². The van der Waals surface area contributed by atoms with Gasteiger partial charge in [0.25, 0.3) is 6.47 Å². The lowest BCUT2D eigenvalue weighted by atomic mass is 10.1. The van der Waals surface area contributed by atoms with Crippen molar-refractivity contribution in [3.8, 4) is 5.75 Å². The molecular weight excluding hydrogens is 166 g/mol. The maximum absolute atomic E-state index is 9.99. The standard InChI is InChI=1S/C10H13NO2/c1-8(11)6-9-2-4-10(5-3-9)13-7-12/h2-5,7-8H,6,11H2,1H3. The third-order valence-corrected chi connectivity index (χ3v) is 1.67. The van der Waals surface area contributed by atoms with Gasteiger partial charge in [-0.1, -0.05) is 12.1 Å². The minimum atomic E-state index is 0.151. The fraction of sp³-hybridized carbons (Fsp3) is 0.300. The van der Waals surface area contributed by atoms with Crippen molar-refractivity contribution in [3.05, 3.63) is 29.8 Å². The molecule has 3 heteroatoms. The van der Waals surface area contributed by atoms with Gasteiger partial charge < -0.3 is 10.5 Å². The van der Waals surface area contributed by atoms with E-state index < -0.39 is 0 Å². The molecule has 1 rings (SSSR count). The van der Waals surface area contributed by atoms with E-state index in [4.69, 9.17) is 5.73 Å². The monoisotopic (exact) mass is 179 g/mol. The molecule has 1 aromatic carbocycles. The normalized spacial score (nSPS) is 12.2. The Labute approximate surface area is 77.5 Å². The summed E-state index contributed by atoms with van der Waals surface area (Å²) in [4.78, 5) is 9.99. The van der Waals surface area contributed by atoms with Crippen LogP contribution in [0.1, 0.15) is 12.5 Å². The Bertz CT molecular complexity index is 267. The molecule has 13 heavy (non-hydrogen) atoms. The lowest BCUT2D eigenvalue weighted by molar-refractivity contribution is -0.120. The number of hydrogen-bond donors (Lipinski definition) is 1. The highest BCUT2D eigenvalue weighted by atomic mass is 16.5. The van der Waals surface area contributed by atoms with Crippen LogP contribution in [-0.2, 0) is 11.2 Å². The molecule has 3 nitrogen and oxygen atoms in total. The van der Waals surface area contributed by atoms with Crippen LogP contribution in [0.2, 0.25) is 0 Å². The van der Waals surface area contributed by atoms with Gasteiger partial charge in [0.15, 0.2) is 0 Å². The molecule has 0 aliphatic rings. The minimum absolute atomic E-state index is 0.151. The van der Waals surface area contributed by atoms with Crippen molar-refractivity contribution in [2.45, 2.75) is 19.4 Å². The van der Waals surface area contributed by atoms with Gasteiger partial charge in [0.1, 0.15) is 5.75 Å². The molecule has 0 fully saturated rings. The first-order chi connectivity index (χ1) is 6.22. The number of nitrogens with two attached hydrogens (primary N) is 1. The highest BCUT2D eigenvalue weighted by molar-refractivity contribution is 5.45. The fourth-order valence-corrected chi connectivity index (χ4v) is 1.13. The van der Waals surface area contributed by atoms with Crippen molar-refractivity contribution < 1.29 is 9.53 Å². The first kappa shape index (κ1) is 9.74. The Morgan fingerprint density at radius 3 is 2.54 bits per heavy atom. The quantitative estimate of drug-likeness (QED) is 0.704. The van der Waals surface area contributed by atoms with Gasteiger partial charge in [0.05, 0.1) is 0 Å². The number of carbonyl (C=O) groups excluding carboxylic acids is 1. The van der Waals surface area contributed by atoms with Crippen molar-refractivity contribution in [1.82, 2.24) is 0 Å². The van der Waals surface area contributed by atoms with E-state index in [9.17, 15) is 4.79 Å². The summed E-state index contributed by atoms with van der Waals surface area (Å²) in [6.07, 6.45) is 0.835. The molecule has 1 unspecified atom stereocenters. The Balaban J connectivity index is 2.63. The Morgan fingerprint density at radius 1 is 1.46 bits per heavy atom. The predicted molar refractivity (Wildman–Crippen MR) is 50.5 cm³/mol. The maximum Gasteiger partial charge on any atom is 0.298 e. The third kappa shape index (κ3) is 3.25. The summed E-state index contributed by atoms with van der Waals surface area (Å²) >= 11 is 0. The van der Waals surface area contributed by atoms with E-state index in [1.807, 2.05) is 19.1 Å². The van der Waals surface area contributed by atoms with Gasteiger partial charge in [0, 0.05) is 6.04 Å². The highest BCUT2D eigenvalue weighted by Crippen LogP contribution is 2.12. The molecule has 2 N–H and O–H groups in total. The van der Waals surface area contributed by atoms with Crippen molar-refractivity contribution in [2.24, 2.45) is 5.73 Å². The van der Waals surface area contributed by atoms with E-state index in [2.05, 4.69) is 4.74 Å². The molecule has 0 saturated carbocycles. The predicted octanol–water partition coefficient (Wildman–Crippen LogP) is 1.11. The van der Waals surface area contributed by atoms with Gasteiger partial charge in [-0.3, -0.25) is 4.79 Å². The highest BCUT2D eigenvalue weighted by Gasteiger charge is 1.98. The zero-order valence-corrected chi connectivity index (χ0v) is 7.57. The number of carbonyl (C=O) groups is 1. The second-order valence-corrected chi connectivity index (χ2v) is 3.04. The van der Waals surface area contributed by atoms with Crippen LogP contribution >= 0.6 is 0 Å². The Morgan fingerprint density at radius 2 is 2.08 bits per heavy atom. The smallest absolute Gasteiger partial charge is 0.298 e. The average Bonchev–Trinajstić information content (AvgIpc) is 2.08. The Hall–Kier alpha value is -1.35. The van der Waals surface area contributed by atoms with Crippen LogP contribution in [0.5, 0.6) is 5.75 Å². The molecule has 0 saturated heterocycles. The molecule has 0 heterocycles. The van der Waals surface area contributed by atoms with Crippen LogP contribution in [0.25, 0.3) is 0 Å². The summed E-state index contributed by atoms with van der Waals surface area (Å²) in [5, 5.41) is 0. The number of rotatable bonds is 4. The van der Waals surface area contributed by atoms with Gasteiger partial charge in [-0.2, -0.15) is 0 Å². The zero-order chi connectivity index (χ0) is 9.68. The van der Waals surface area contributed by atoms with E-state index in [-0.39, 0.29) is 6.04 Å². The number of hydrogen-bond acceptors (Lipinski definition) is 3. The molecule has 1 atom stereocenters. The van der Waals surface area contributed by atoms with E-state index >= 15 is 0 Å². The molecule has 0 aliphatic carbocycles. The second kappa shape index (κ2) is 4.62. The largest absolute Gasteiger partial charge is 0.429 e. The Kier molecular flexibility index (Phi) is 3.46. The van der Waals surface area contributed by atoms with Gasteiger partial charge >= 0.3 is 0 Å². The van der Waals surface area contributed by atoms with Crippen LogP contribution in [0.3, 0.4) is 0 Å². The van der Waals surface area contributed by atoms with Gasteiger partial charge in [0.2, 0.25) is 0 Å². The van der Waals surface area contributed by atoms with E-state index in [1.54, 1.807) is 12.1 Å². The number of benzene rings is 1. The molecule has 0 spiro atoms. The van der Waals surface area contributed by atoms with Crippen LogP contribution in [0, 0.1) is 0 Å². The molecule has 1 aromatic rings. The molecular formula is C10H13NO2. The van der Waals surface area contributed by atoms with Crippen LogP contribution in [-0.4, -0.2) is 12.5 Å². The van der Waals surface area contributed by atoms with Crippen molar-refractivity contribution in [2.75, 3.05) is 0 Å². The summed E-state index contributed by atoms with van der Waals surface area (Å²) in [6, 6.07) is 7.47. The van der Waals surface area contributed by atoms with E-state index in [0.717, 1.165) is 12.0 Å². The van der Waals surface area contributed by atoms with Crippen LogP contribution in [0.4, 0.5) is 0 Å². The van der Waals surface area contributed by atoms with Gasteiger partial charge in [-0.25, -0.2) is 0 Å². The fourth-order valence-electron chi connectivity index (χ4n) is 1.13. The summed E-state index contributed by atoms with van der Waals surface area (Å²) in [6.45, 7) is 2.37. The summed E-state index contributed by atoms with van der Waals surface area (Å²) in [5.74, 6) is 0.559. The maximum atomic E-state index is 9.99. The third-order valence-electron chi connectivity index (χ3n) is 1.67. The molecule has 0 aromatic heterocycles. The van der Waals surface area contributed by atoms with Crippen molar-refractivity contribution >= 4 is 6.47 Å². The molecule has 0 radical (unpaired) electrons. The van der Waals surface area contributed by atoms with Gasteiger partial charge in [-0.05, 0) is 31.0 Å². The average molecular weight is 179 g/mol. The SMILES string of the molecule is CC(N)Cc1ccc(OC=O)cc1. The van der Waals surface area contributed by atoms with Crippen LogP contribution < -0.4 is 10.5 Å². The summed E-state index contributed by atoms with van der Waals surface area (Å²) in [5.41, 5.74) is 6.78. The van der Waals surface area contributed by atoms with Crippen LogP contribution in [0.15, 0.2) is 24.3 Å². The molecule has 70 valence electrons. The van der Waals surface area contributed by atoms with Gasteiger partial charge in [-0.15, -0.1) is 0 Å². The number of ether oxygens (including phenoxy) is 1. The molecule has 0 aliphatic heterocycles. The van der Waals surface area contributed by atoms with E-state index in [1.165, 1.54) is 0 Å². The first-order valence-corrected chi connectivity index (χ1v) is 4.17. The molecule has 0 amide bonds. The molecule has 0 bridgehead atoms. The van der Waals surface area contributed by atoms with Crippen molar-refractivity contribution in [1.29, 1.82) is 0 Å². The minimum Gasteiger partial charge on any atom is -0.429 e. The topological polar surface area (TPSA) is 52.3 Å². The zero-order valence-electron chi connectivity index (χ0n) is 7.57. The van der Waals surface area contributed by atoms with Crippen molar-refractivity contribution in [3.63, 3.8) is 0 Å². The lowest BCUT2D eigenvalue weighted by Crippen LogP contribution is -2.17. The summed E-state index contributed by atoms with van der Waals surface area (Å²) < 4.78 is 4.65. The lowest BCUT2D eigenvalue weighted by Gasteiger charge is -2.05. The summed E-state index contributed by atoms with van der Waals surface area (Å²) in [7, 11) is 0.